The van der Waals surface area contributed by atoms with Gasteiger partial charge in [0.2, 0.25) is 5.91 Å². The van der Waals surface area contributed by atoms with E-state index in [2.05, 4.69) is 5.32 Å². The van der Waals surface area contributed by atoms with E-state index in [9.17, 15) is 9.59 Å². The number of rotatable bonds is 5. The number of hydrogen-bond acceptors (Lipinski definition) is 2. The van der Waals surface area contributed by atoms with E-state index in [1.807, 2.05) is 0 Å². The Kier molecular flexibility index (Phi) is 2.19. The van der Waals surface area contributed by atoms with Gasteiger partial charge in [-0.3, -0.25) is 4.79 Å². The summed E-state index contributed by atoms with van der Waals surface area (Å²) in [5, 5.41) is 11.7. The van der Waals surface area contributed by atoms with E-state index in [0.29, 0.717) is 5.92 Å². The molecule has 1 amide bonds. The van der Waals surface area contributed by atoms with Crippen LogP contribution >= 0.6 is 0 Å². The maximum atomic E-state index is 11.8. The van der Waals surface area contributed by atoms with E-state index < -0.39 is 12.0 Å². The van der Waals surface area contributed by atoms with Crippen LogP contribution in [0.15, 0.2) is 0 Å². The molecule has 0 saturated heterocycles. The van der Waals surface area contributed by atoms with Crippen LogP contribution in [0, 0.1) is 23.7 Å². The van der Waals surface area contributed by atoms with Gasteiger partial charge < -0.3 is 10.4 Å². The Morgan fingerprint density at radius 3 is 2.38 bits per heavy atom. The summed E-state index contributed by atoms with van der Waals surface area (Å²) in [5.74, 6) is 0.733. The van der Waals surface area contributed by atoms with E-state index >= 15 is 0 Å². The first kappa shape index (κ1) is 10.1. The molecule has 3 atom stereocenters. The Morgan fingerprint density at radius 2 is 1.88 bits per heavy atom. The summed E-state index contributed by atoms with van der Waals surface area (Å²) in [6, 6.07) is -0.632. The van der Waals surface area contributed by atoms with Gasteiger partial charge in [0, 0.05) is 5.92 Å². The summed E-state index contributed by atoms with van der Waals surface area (Å²) >= 11 is 0. The molecule has 2 N–H and O–H groups in total. The smallest absolute Gasteiger partial charge is 0.326 e. The van der Waals surface area contributed by atoms with Crippen LogP contribution in [0.5, 0.6) is 0 Å². The van der Waals surface area contributed by atoms with Crippen molar-refractivity contribution in [3.05, 3.63) is 0 Å². The van der Waals surface area contributed by atoms with Crippen molar-refractivity contribution >= 4 is 11.9 Å². The normalized spacial score (nSPS) is 34.2. The molecule has 4 nitrogen and oxygen atoms in total. The molecule has 0 radical (unpaired) electrons. The first-order chi connectivity index (χ1) is 7.66. The van der Waals surface area contributed by atoms with Crippen molar-refractivity contribution in [3.8, 4) is 0 Å². The Hall–Kier alpha value is -1.06. The highest BCUT2D eigenvalue weighted by atomic mass is 16.4. The molecule has 0 aromatic heterocycles. The van der Waals surface area contributed by atoms with Crippen molar-refractivity contribution in [2.75, 3.05) is 0 Å². The third-order valence-corrected chi connectivity index (χ3v) is 4.06. The molecule has 0 aliphatic heterocycles. The Morgan fingerprint density at radius 1 is 1.19 bits per heavy atom. The Balaban J connectivity index is 1.53. The van der Waals surface area contributed by atoms with Gasteiger partial charge in [-0.1, -0.05) is 0 Å². The van der Waals surface area contributed by atoms with Gasteiger partial charge in [-0.15, -0.1) is 0 Å². The minimum atomic E-state index is -0.875. The van der Waals surface area contributed by atoms with Crippen molar-refractivity contribution in [2.24, 2.45) is 23.7 Å². The quantitative estimate of drug-likeness (QED) is 0.731. The predicted octanol–water partition coefficient (Wildman–Crippen LogP) is 1.01. The average Bonchev–Trinajstić information content (AvgIpc) is 3.13. The average molecular weight is 223 g/mol. The number of aliphatic carboxylic acids is 1. The molecule has 3 fully saturated rings. The summed E-state index contributed by atoms with van der Waals surface area (Å²) in [5.41, 5.74) is 0. The minimum Gasteiger partial charge on any atom is -0.480 e. The van der Waals surface area contributed by atoms with E-state index in [4.69, 9.17) is 5.11 Å². The summed E-state index contributed by atoms with van der Waals surface area (Å²) in [6.45, 7) is 0. The standard InChI is InChI=1S/C12H17NO3/c14-11(9-5-8(9)6-1-2-6)13-10(12(15)16)7-3-4-7/h6-10H,1-5H2,(H,13,14)(H,15,16). The molecule has 0 spiro atoms. The number of nitrogens with one attached hydrogen (secondary N) is 1. The van der Waals surface area contributed by atoms with Crippen LogP contribution in [0.25, 0.3) is 0 Å². The lowest BCUT2D eigenvalue weighted by molar-refractivity contribution is -0.142. The van der Waals surface area contributed by atoms with Crippen LogP contribution < -0.4 is 5.32 Å². The van der Waals surface area contributed by atoms with Crippen molar-refractivity contribution in [2.45, 2.75) is 38.1 Å². The molecule has 16 heavy (non-hydrogen) atoms. The van der Waals surface area contributed by atoms with E-state index in [-0.39, 0.29) is 17.7 Å². The molecule has 0 aromatic carbocycles. The fourth-order valence-electron chi connectivity index (χ4n) is 2.63. The van der Waals surface area contributed by atoms with Gasteiger partial charge in [-0.25, -0.2) is 4.79 Å². The number of carbonyl (C=O) groups is 2. The highest BCUT2D eigenvalue weighted by Gasteiger charge is 2.52. The number of carbonyl (C=O) groups excluding carboxylic acids is 1. The summed E-state index contributed by atoms with van der Waals surface area (Å²) < 4.78 is 0. The number of amides is 1. The zero-order valence-electron chi connectivity index (χ0n) is 9.19. The molecule has 0 aromatic rings. The van der Waals surface area contributed by atoms with Gasteiger partial charge in [0.15, 0.2) is 0 Å². The molecule has 0 bridgehead atoms. The van der Waals surface area contributed by atoms with E-state index in [1.54, 1.807) is 0 Å². The largest absolute Gasteiger partial charge is 0.480 e. The van der Waals surface area contributed by atoms with Crippen LogP contribution in [0.4, 0.5) is 0 Å². The van der Waals surface area contributed by atoms with Gasteiger partial charge in [-0.2, -0.15) is 0 Å². The summed E-state index contributed by atoms with van der Waals surface area (Å²) in [7, 11) is 0. The van der Waals surface area contributed by atoms with Crippen LogP contribution in [0.1, 0.15) is 32.1 Å². The third kappa shape index (κ3) is 1.93. The van der Waals surface area contributed by atoms with Crippen LogP contribution in [-0.2, 0) is 9.59 Å². The molecule has 0 heterocycles. The maximum absolute atomic E-state index is 11.8. The molecule has 88 valence electrons. The van der Waals surface area contributed by atoms with Gasteiger partial charge in [0.25, 0.3) is 0 Å². The summed E-state index contributed by atoms with van der Waals surface area (Å²) in [6.07, 6.45) is 5.38. The Bertz CT molecular complexity index is 333. The first-order valence-corrected chi connectivity index (χ1v) is 6.20. The highest BCUT2D eigenvalue weighted by molar-refractivity contribution is 5.87. The third-order valence-electron chi connectivity index (χ3n) is 4.06. The summed E-state index contributed by atoms with van der Waals surface area (Å²) in [4.78, 5) is 22.8. The van der Waals surface area contributed by atoms with Crippen molar-refractivity contribution < 1.29 is 14.7 Å². The predicted molar refractivity (Wildman–Crippen MR) is 56.6 cm³/mol. The number of carboxylic acid groups (broad SMARTS) is 1. The molecule has 3 saturated carbocycles. The lowest BCUT2D eigenvalue weighted by Gasteiger charge is -2.13. The van der Waals surface area contributed by atoms with Gasteiger partial charge >= 0.3 is 5.97 Å². The zero-order chi connectivity index (χ0) is 11.3. The molecule has 4 heteroatoms. The minimum absolute atomic E-state index is 0.0174. The Labute approximate surface area is 94.4 Å². The van der Waals surface area contributed by atoms with Gasteiger partial charge in [-0.05, 0) is 49.9 Å². The van der Waals surface area contributed by atoms with Gasteiger partial charge in [0.05, 0.1) is 0 Å². The molecular formula is C12H17NO3. The zero-order valence-corrected chi connectivity index (χ0v) is 9.19. The second kappa shape index (κ2) is 3.47. The van der Waals surface area contributed by atoms with Crippen LogP contribution in [0.2, 0.25) is 0 Å². The molecule has 3 aliphatic carbocycles. The first-order valence-electron chi connectivity index (χ1n) is 6.20. The second-order valence-electron chi connectivity index (χ2n) is 5.51. The fraction of sp³-hybridized carbons (Fsp3) is 0.833. The fourth-order valence-corrected chi connectivity index (χ4v) is 2.63. The second-order valence-corrected chi connectivity index (χ2v) is 5.51. The van der Waals surface area contributed by atoms with Gasteiger partial charge in [0.1, 0.15) is 6.04 Å². The molecule has 3 rings (SSSR count). The lowest BCUT2D eigenvalue weighted by Crippen LogP contribution is -2.43. The number of hydrogen-bond donors (Lipinski definition) is 2. The van der Waals surface area contributed by atoms with E-state index in [1.165, 1.54) is 12.8 Å². The van der Waals surface area contributed by atoms with Crippen molar-refractivity contribution in [1.29, 1.82) is 0 Å². The lowest BCUT2D eigenvalue weighted by atomic mass is 10.1. The SMILES string of the molecule is O=C(NC(C(=O)O)C1CC1)C1CC1C1CC1. The van der Waals surface area contributed by atoms with Crippen LogP contribution in [0.3, 0.4) is 0 Å². The molecule has 3 aliphatic rings. The maximum Gasteiger partial charge on any atom is 0.326 e. The van der Waals surface area contributed by atoms with Crippen molar-refractivity contribution in [1.82, 2.24) is 5.32 Å². The molecular weight excluding hydrogens is 206 g/mol. The topological polar surface area (TPSA) is 66.4 Å². The highest BCUT2D eigenvalue weighted by Crippen LogP contribution is 2.54. The number of carboxylic acids is 1. The van der Waals surface area contributed by atoms with Crippen molar-refractivity contribution in [3.63, 3.8) is 0 Å². The van der Waals surface area contributed by atoms with Crippen LogP contribution in [-0.4, -0.2) is 23.0 Å². The monoisotopic (exact) mass is 223 g/mol. The van der Waals surface area contributed by atoms with E-state index in [0.717, 1.165) is 25.2 Å². The molecule has 3 unspecified atom stereocenters.